The molecule has 0 fully saturated rings. The predicted octanol–water partition coefficient (Wildman–Crippen LogP) is 1.82. The first kappa shape index (κ1) is 8.43. The van der Waals surface area contributed by atoms with Gasteiger partial charge in [-0.3, -0.25) is 0 Å². The van der Waals surface area contributed by atoms with E-state index in [0.717, 1.165) is 10.2 Å². The number of hydrogen-bond acceptors (Lipinski definition) is 2. The van der Waals surface area contributed by atoms with Crippen molar-refractivity contribution < 1.29 is 0 Å². The molecule has 1 heterocycles. The van der Waals surface area contributed by atoms with Gasteiger partial charge in [0.25, 0.3) is 0 Å². The van der Waals surface area contributed by atoms with Crippen LogP contribution >= 0.6 is 15.9 Å². The zero-order valence-corrected chi connectivity index (χ0v) is 7.58. The van der Waals surface area contributed by atoms with Crippen molar-refractivity contribution in [3.63, 3.8) is 0 Å². The standard InChI is InChI=1S/C8H9BrN2/c9-8-6-7(2-1-4-10)3-5-11-8/h1-3,5-6H,4,10H2. The van der Waals surface area contributed by atoms with Gasteiger partial charge in [0.15, 0.2) is 0 Å². The van der Waals surface area contributed by atoms with E-state index < -0.39 is 0 Å². The third-order valence-electron chi connectivity index (χ3n) is 1.20. The highest BCUT2D eigenvalue weighted by molar-refractivity contribution is 9.10. The molecule has 0 saturated heterocycles. The molecule has 0 unspecified atom stereocenters. The summed E-state index contributed by atoms with van der Waals surface area (Å²) in [4.78, 5) is 4.00. The van der Waals surface area contributed by atoms with Gasteiger partial charge in [-0.2, -0.15) is 0 Å². The summed E-state index contributed by atoms with van der Waals surface area (Å²) in [5.74, 6) is 0. The Morgan fingerprint density at radius 1 is 1.64 bits per heavy atom. The van der Waals surface area contributed by atoms with Crippen LogP contribution in [0.3, 0.4) is 0 Å². The van der Waals surface area contributed by atoms with E-state index in [-0.39, 0.29) is 0 Å². The normalized spacial score (nSPS) is 10.7. The quantitative estimate of drug-likeness (QED) is 0.761. The van der Waals surface area contributed by atoms with E-state index in [4.69, 9.17) is 5.73 Å². The van der Waals surface area contributed by atoms with Gasteiger partial charge >= 0.3 is 0 Å². The van der Waals surface area contributed by atoms with Crippen LogP contribution in [-0.4, -0.2) is 11.5 Å². The second kappa shape index (κ2) is 4.26. The number of rotatable bonds is 2. The van der Waals surface area contributed by atoms with Crippen molar-refractivity contribution in [1.82, 2.24) is 4.98 Å². The maximum atomic E-state index is 5.30. The fraction of sp³-hybridized carbons (Fsp3) is 0.125. The zero-order chi connectivity index (χ0) is 8.10. The molecular weight excluding hydrogens is 204 g/mol. The molecule has 0 bridgehead atoms. The second-order valence-corrected chi connectivity index (χ2v) is 2.86. The van der Waals surface area contributed by atoms with Crippen LogP contribution in [-0.2, 0) is 0 Å². The number of pyridine rings is 1. The van der Waals surface area contributed by atoms with Gasteiger partial charge in [-0.15, -0.1) is 0 Å². The lowest BCUT2D eigenvalue weighted by Crippen LogP contribution is -1.91. The summed E-state index contributed by atoms with van der Waals surface area (Å²) < 4.78 is 0.844. The molecule has 0 aliphatic carbocycles. The molecule has 0 aromatic carbocycles. The molecule has 0 radical (unpaired) electrons. The fourth-order valence-corrected chi connectivity index (χ4v) is 1.11. The van der Waals surface area contributed by atoms with Crippen molar-refractivity contribution in [2.45, 2.75) is 0 Å². The first-order valence-corrected chi connectivity index (χ1v) is 4.10. The lowest BCUT2D eigenvalue weighted by Gasteiger charge is -1.92. The average Bonchev–Trinajstić information content (AvgIpc) is 2.01. The van der Waals surface area contributed by atoms with Crippen LogP contribution in [0.5, 0.6) is 0 Å². The predicted molar refractivity (Wildman–Crippen MR) is 50.0 cm³/mol. The highest BCUT2D eigenvalue weighted by atomic mass is 79.9. The minimum atomic E-state index is 0.569. The Hall–Kier alpha value is -0.670. The summed E-state index contributed by atoms with van der Waals surface area (Å²) in [6.07, 6.45) is 5.62. The largest absolute Gasteiger partial charge is 0.327 e. The van der Waals surface area contributed by atoms with Crippen LogP contribution in [0.25, 0.3) is 6.08 Å². The smallest absolute Gasteiger partial charge is 0.106 e. The van der Waals surface area contributed by atoms with Gasteiger partial charge in [-0.1, -0.05) is 12.2 Å². The average molecular weight is 213 g/mol. The Morgan fingerprint density at radius 2 is 2.45 bits per heavy atom. The van der Waals surface area contributed by atoms with Crippen LogP contribution < -0.4 is 5.73 Å². The van der Waals surface area contributed by atoms with E-state index in [0.29, 0.717) is 6.54 Å². The van der Waals surface area contributed by atoms with Crippen molar-refractivity contribution in [3.05, 3.63) is 34.6 Å². The third-order valence-corrected chi connectivity index (χ3v) is 1.63. The molecule has 58 valence electrons. The molecule has 1 aromatic heterocycles. The molecule has 0 aliphatic rings. The lowest BCUT2D eigenvalue weighted by atomic mass is 10.2. The number of aromatic nitrogens is 1. The van der Waals surface area contributed by atoms with E-state index >= 15 is 0 Å². The summed E-state index contributed by atoms with van der Waals surface area (Å²) in [6, 6.07) is 3.86. The summed E-state index contributed by atoms with van der Waals surface area (Å²) in [5, 5.41) is 0. The second-order valence-electron chi connectivity index (χ2n) is 2.05. The third kappa shape index (κ3) is 2.82. The van der Waals surface area contributed by atoms with Gasteiger partial charge in [0.1, 0.15) is 4.60 Å². The van der Waals surface area contributed by atoms with E-state index in [2.05, 4.69) is 20.9 Å². The van der Waals surface area contributed by atoms with Gasteiger partial charge in [-0.05, 0) is 33.6 Å². The van der Waals surface area contributed by atoms with E-state index in [1.165, 1.54) is 0 Å². The van der Waals surface area contributed by atoms with Crippen LogP contribution in [0.15, 0.2) is 29.0 Å². The van der Waals surface area contributed by atoms with E-state index in [1.807, 2.05) is 24.3 Å². The highest BCUT2D eigenvalue weighted by Gasteiger charge is 1.87. The molecule has 1 aromatic rings. The molecule has 0 amide bonds. The highest BCUT2D eigenvalue weighted by Crippen LogP contribution is 2.08. The van der Waals surface area contributed by atoms with Gasteiger partial charge in [0.05, 0.1) is 0 Å². The maximum Gasteiger partial charge on any atom is 0.106 e. The summed E-state index contributed by atoms with van der Waals surface area (Å²) >= 11 is 3.28. The lowest BCUT2D eigenvalue weighted by molar-refractivity contribution is 1.25. The first-order chi connectivity index (χ1) is 5.33. The topological polar surface area (TPSA) is 38.9 Å². The van der Waals surface area contributed by atoms with Crippen LogP contribution in [0.2, 0.25) is 0 Å². The van der Waals surface area contributed by atoms with Crippen molar-refractivity contribution in [2.24, 2.45) is 5.73 Å². The maximum absolute atomic E-state index is 5.30. The van der Waals surface area contributed by atoms with Gasteiger partial charge < -0.3 is 5.73 Å². The van der Waals surface area contributed by atoms with Gasteiger partial charge in [0, 0.05) is 12.7 Å². The minimum absolute atomic E-state index is 0.569. The Morgan fingerprint density at radius 3 is 3.09 bits per heavy atom. The van der Waals surface area contributed by atoms with Crippen molar-refractivity contribution in [3.8, 4) is 0 Å². The van der Waals surface area contributed by atoms with Crippen LogP contribution in [0.1, 0.15) is 5.56 Å². The molecule has 11 heavy (non-hydrogen) atoms. The molecule has 0 spiro atoms. The van der Waals surface area contributed by atoms with E-state index in [9.17, 15) is 0 Å². The minimum Gasteiger partial charge on any atom is -0.327 e. The van der Waals surface area contributed by atoms with Crippen molar-refractivity contribution in [2.75, 3.05) is 6.54 Å². The zero-order valence-electron chi connectivity index (χ0n) is 6.00. The van der Waals surface area contributed by atoms with Crippen LogP contribution in [0.4, 0.5) is 0 Å². The Labute approximate surface area is 74.3 Å². The summed E-state index contributed by atoms with van der Waals surface area (Å²) in [5.41, 5.74) is 6.41. The molecular formula is C8H9BrN2. The van der Waals surface area contributed by atoms with Gasteiger partial charge in [0.2, 0.25) is 0 Å². The Kier molecular flexibility index (Phi) is 3.26. The molecule has 1 rings (SSSR count). The summed E-state index contributed by atoms with van der Waals surface area (Å²) in [7, 11) is 0. The first-order valence-electron chi connectivity index (χ1n) is 3.31. The molecule has 2 nitrogen and oxygen atoms in total. The van der Waals surface area contributed by atoms with E-state index in [1.54, 1.807) is 6.20 Å². The molecule has 0 atom stereocenters. The Balaban J connectivity index is 2.79. The number of nitrogens with zero attached hydrogens (tertiary/aromatic N) is 1. The molecule has 3 heteroatoms. The van der Waals surface area contributed by atoms with Gasteiger partial charge in [-0.25, -0.2) is 4.98 Å². The van der Waals surface area contributed by atoms with Crippen molar-refractivity contribution in [1.29, 1.82) is 0 Å². The molecule has 2 N–H and O–H groups in total. The monoisotopic (exact) mass is 212 g/mol. The van der Waals surface area contributed by atoms with Crippen molar-refractivity contribution >= 4 is 22.0 Å². The summed E-state index contributed by atoms with van der Waals surface area (Å²) in [6.45, 7) is 0.569. The molecule has 0 aliphatic heterocycles. The van der Waals surface area contributed by atoms with Crippen LogP contribution in [0, 0.1) is 0 Å². The number of hydrogen-bond donors (Lipinski definition) is 1. The Bertz CT molecular complexity index is 258. The molecule has 0 saturated carbocycles. The fourth-order valence-electron chi connectivity index (χ4n) is 0.725. The SMILES string of the molecule is NCC=Cc1ccnc(Br)c1. The number of nitrogens with two attached hydrogens (primary N) is 1. The number of halogens is 1.